The Morgan fingerprint density at radius 1 is 1.30 bits per heavy atom. The third kappa shape index (κ3) is 3.42. The van der Waals surface area contributed by atoms with Gasteiger partial charge in [-0.05, 0) is 56.1 Å². The first-order valence-corrected chi connectivity index (χ1v) is 9.09. The van der Waals surface area contributed by atoms with E-state index in [1.165, 1.54) is 5.56 Å². The fourth-order valence-electron chi connectivity index (χ4n) is 3.71. The number of benzene rings is 1. The predicted octanol–water partition coefficient (Wildman–Crippen LogP) is 2.42. The Morgan fingerprint density at radius 2 is 2.11 bits per heavy atom. The molecule has 1 aromatic carbocycles. The number of nitrogens with one attached hydrogen (secondary N) is 1. The van der Waals surface area contributed by atoms with Crippen LogP contribution in [0.3, 0.4) is 0 Å². The van der Waals surface area contributed by atoms with E-state index >= 15 is 0 Å². The number of fused-ring (bicyclic) bond motifs is 1. The molecule has 6 heteroatoms. The number of likely N-dealkylation sites (N-methyl/N-ethyl adjacent to an activating group) is 1. The highest BCUT2D eigenvalue weighted by atomic mass is 16.1. The van der Waals surface area contributed by atoms with Crippen molar-refractivity contribution in [2.45, 2.75) is 31.8 Å². The van der Waals surface area contributed by atoms with Gasteiger partial charge in [-0.3, -0.25) is 14.8 Å². The van der Waals surface area contributed by atoms with Crippen molar-refractivity contribution in [1.29, 1.82) is 5.26 Å². The largest absolute Gasteiger partial charge is 0.299 e. The maximum Gasteiger partial charge on any atom is 0.276 e. The minimum Gasteiger partial charge on any atom is -0.299 e. The van der Waals surface area contributed by atoms with Gasteiger partial charge in [0.25, 0.3) is 5.56 Å². The lowest BCUT2D eigenvalue weighted by atomic mass is 9.92. The van der Waals surface area contributed by atoms with Crippen LogP contribution in [0.4, 0.5) is 0 Å². The quantitative estimate of drug-likeness (QED) is 0.776. The van der Waals surface area contributed by atoms with Gasteiger partial charge in [-0.15, -0.1) is 0 Å². The summed E-state index contributed by atoms with van der Waals surface area (Å²) >= 11 is 0. The Balaban J connectivity index is 1.51. The van der Waals surface area contributed by atoms with Crippen molar-refractivity contribution in [2.24, 2.45) is 0 Å². The molecule has 1 N–H and O–H groups in total. The molecule has 0 saturated heterocycles. The number of nitriles is 1. The minimum atomic E-state index is 0.000160. The molecule has 6 nitrogen and oxygen atoms in total. The smallest absolute Gasteiger partial charge is 0.276 e. The number of aromatic amines is 1. The third-order valence-electron chi connectivity index (χ3n) is 5.26. The number of aryl methyl sites for hydroxylation is 1. The van der Waals surface area contributed by atoms with Crippen LogP contribution in [0.2, 0.25) is 0 Å². The second-order valence-electron chi connectivity index (χ2n) is 7.02. The zero-order chi connectivity index (χ0) is 18.8. The number of aromatic nitrogens is 3. The van der Waals surface area contributed by atoms with E-state index in [0.29, 0.717) is 17.4 Å². The van der Waals surface area contributed by atoms with Gasteiger partial charge < -0.3 is 0 Å². The molecule has 1 atom stereocenters. The Kier molecular flexibility index (Phi) is 4.61. The second-order valence-corrected chi connectivity index (χ2v) is 7.02. The van der Waals surface area contributed by atoms with Crippen molar-refractivity contribution in [3.63, 3.8) is 0 Å². The van der Waals surface area contributed by atoms with Crippen molar-refractivity contribution in [3.05, 3.63) is 81.4 Å². The number of hydrogen-bond acceptors (Lipinski definition) is 4. The van der Waals surface area contributed by atoms with Crippen LogP contribution in [0.5, 0.6) is 0 Å². The van der Waals surface area contributed by atoms with E-state index in [9.17, 15) is 4.79 Å². The van der Waals surface area contributed by atoms with Gasteiger partial charge in [-0.2, -0.15) is 5.26 Å². The molecule has 0 spiro atoms. The van der Waals surface area contributed by atoms with Crippen LogP contribution in [0, 0.1) is 11.3 Å². The molecule has 0 fully saturated rings. The summed E-state index contributed by atoms with van der Waals surface area (Å²) in [7, 11) is 2.10. The molecule has 27 heavy (non-hydrogen) atoms. The van der Waals surface area contributed by atoms with Gasteiger partial charge in [-0.1, -0.05) is 18.2 Å². The highest BCUT2D eigenvalue weighted by Crippen LogP contribution is 2.22. The van der Waals surface area contributed by atoms with E-state index < -0.39 is 0 Å². The first-order chi connectivity index (χ1) is 13.2. The molecular weight excluding hydrogens is 338 g/mol. The number of H-pyrrole nitrogens is 1. The van der Waals surface area contributed by atoms with Crippen LogP contribution in [-0.2, 0) is 19.4 Å². The first kappa shape index (κ1) is 17.3. The monoisotopic (exact) mass is 359 g/mol. The third-order valence-corrected chi connectivity index (χ3v) is 5.26. The molecule has 1 unspecified atom stereocenters. The zero-order valence-electron chi connectivity index (χ0n) is 15.2. The van der Waals surface area contributed by atoms with Crippen molar-refractivity contribution in [2.75, 3.05) is 7.05 Å². The van der Waals surface area contributed by atoms with Gasteiger partial charge in [0.05, 0.1) is 11.6 Å². The summed E-state index contributed by atoms with van der Waals surface area (Å²) in [5.41, 5.74) is 3.73. The molecule has 0 aliphatic heterocycles. The summed E-state index contributed by atoms with van der Waals surface area (Å²) in [5.74, 6) is 0.624. The highest BCUT2D eigenvalue weighted by molar-refractivity contribution is 5.32. The van der Waals surface area contributed by atoms with Crippen molar-refractivity contribution >= 4 is 0 Å². The molecule has 0 bridgehead atoms. The minimum absolute atomic E-state index is 0.000160. The predicted molar refractivity (Wildman–Crippen MR) is 103 cm³/mol. The summed E-state index contributed by atoms with van der Waals surface area (Å²) < 4.78 is 1.55. The maximum absolute atomic E-state index is 12.9. The molecule has 0 saturated carbocycles. The van der Waals surface area contributed by atoms with Gasteiger partial charge in [-0.25, -0.2) is 9.67 Å². The summed E-state index contributed by atoms with van der Waals surface area (Å²) in [4.78, 5) is 19.4. The Bertz CT molecular complexity index is 1030. The van der Waals surface area contributed by atoms with Crippen LogP contribution in [0.25, 0.3) is 5.82 Å². The van der Waals surface area contributed by atoms with Crippen LogP contribution in [0.15, 0.2) is 53.5 Å². The molecule has 0 amide bonds. The summed E-state index contributed by atoms with van der Waals surface area (Å²) in [6.45, 7) is 0.796. The lowest BCUT2D eigenvalue weighted by Gasteiger charge is -2.30. The average molecular weight is 359 g/mol. The van der Waals surface area contributed by atoms with E-state index in [0.717, 1.165) is 37.1 Å². The SMILES string of the molecule is CN(Cc1ccc(C#N)cc1)C1CCc2[nH]n(-c3ccccn3)c(=O)c2C1. The first-order valence-electron chi connectivity index (χ1n) is 9.09. The zero-order valence-corrected chi connectivity index (χ0v) is 15.2. The number of rotatable bonds is 4. The van der Waals surface area contributed by atoms with Crippen LogP contribution in [-0.4, -0.2) is 32.8 Å². The van der Waals surface area contributed by atoms with Gasteiger partial charge in [0.2, 0.25) is 0 Å². The molecule has 3 aromatic rings. The average Bonchev–Trinajstić information content (AvgIpc) is 3.05. The number of hydrogen-bond donors (Lipinski definition) is 1. The lowest BCUT2D eigenvalue weighted by molar-refractivity contribution is 0.213. The molecule has 4 rings (SSSR count). The van der Waals surface area contributed by atoms with Gasteiger partial charge >= 0.3 is 0 Å². The van der Waals surface area contributed by atoms with Gasteiger partial charge in [0.15, 0.2) is 5.82 Å². The maximum atomic E-state index is 12.9. The van der Waals surface area contributed by atoms with Gasteiger partial charge in [0, 0.05) is 30.0 Å². The van der Waals surface area contributed by atoms with Crippen LogP contribution in [0.1, 0.15) is 28.8 Å². The fourth-order valence-corrected chi connectivity index (χ4v) is 3.71. The molecular formula is C21H21N5O. The van der Waals surface area contributed by atoms with Crippen LogP contribution >= 0.6 is 0 Å². The number of nitrogens with zero attached hydrogens (tertiary/aromatic N) is 4. The molecule has 1 aliphatic carbocycles. The van der Waals surface area contributed by atoms with Crippen molar-refractivity contribution < 1.29 is 0 Å². The molecule has 1 aliphatic rings. The topological polar surface area (TPSA) is 77.7 Å². The Morgan fingerprint density at radius 3 is 2.81 bits per heavy atom. The van der Waals surface area contributed by atoms with Gasteiger partial charge in [0.1, 0.15) is 0 Å². The van der Waals surface area contributed by atoms with E-state index in [1.807, 2.05) is 42.5 Å². The van der Waals surface area contributed by atoms with E-state index in [4.69, 9.17) is 5.26 Å². The molecule has 2 aromatic heterocycles. The summed E-state index contributed by atoms with van der Waals surface area (Å²) in [6, 6.07) is 15.7. The molecule has 136 valence electrons. The standard InChI is InChI=1S/C21H21N5O/c1-25(14-16-7-5-15(13-22)6-8-16)17-9-10-19-18(12-17)21(27)26(24-19)20-4-2-3-11-23-20/h2-8,11,17,24H,9-10,12,14H2,1H3. The van der Waals surface area contributed by atoms with E-state index in [-0.39, 0.29) is 5.56 Å². The van der Waals surface area contributed by atoms with E-state index in [2.05, 4.69) is 28.1 Å². The lowest BCUT2D eigenvalue weighted by Crippen LogP contribution is -2.37. The van der Waals surface area contributed by atoms with Crippen molar-refractivity contribution in [3.8, 4) is 11.9 Å². The van der Waals surface area contributed by atoms with Crippen molar-refractivity contribution in [1.82, 2.24) is 19.7 Å². The highest BCUT2D eigenvalue weighted by Gasteiger charge is 2.27. The Labute approximate surface area is 157 Å². The summed E-state index contributed by atoms with van der Waals surface area (Å²) in [5, 5.41) is 12.2. The number of pyridine rings is 1. The summed E-state index contributed by atoms with van der Waals surface area (Å²) in [6.07, 6.45) is 4.28. The van der Waals surface area contributed by atoms with E-state index in [1.54, 1.807) is 10.9 Å². The fraction of sp³-hybridized carbons (Fsp3) is 0.286. The molecule has 2 heterocycles. The van der Waals surface area contributed by atoms with Crippen LogP contribution < -0.4 is 5.56 Å². The second kappa shape index (κ2) is 7.22. The Hall–Kier alpha value is -3.17. The molecule has 0 radical (unpaired) electrons. The normalized spacial score (nSPS) is 16.1.